The van der Waals surface area contributed by atoms with Crippen molar-refractivity contribution in [2.45, 2.75) is 0 Å². The fourth-order valence-electron chi connectivity index (χ4n) is 1.40. The third-order valence-corrected chi connectivity index (χ3v) is 2.18. The first kappa shape index (κ1) is 10.4. The fourth-order valence-corrected chi connectivity index (χ4v) is 1.40. The second kappa shape index (κ2) is 4.63. The number of hydrogen-bond donors (Lipinski definition) is 3. The van der Waals surface area contributed by atoms with Gasteiger partial charge in [-0.2, -0.15) is 0 Å². The van der Waals surface area contributed by atoms with Crippen LogP contribution >= 0.6 is 0 Å². The third-order valence-electron chi connectivity index (χ3n) is 2.18. The number of rotatable bonds is 4. The van der Waals surface area contributed by atoms with E-state index < -0.39 is 0 Å². The number of hydrogen-bond acceptors (Lipinski definition) is 5. The summed E-state index contributed by atoms with van der Waals surface area (Å²) in [4.78, 5) is 0. The Kier molecular flexibility index (Phi) is 3.02. The number of nitrogens with zero attached hydrogens (tertiary/aromatic N) is 3. The molecule has 0 saturated carbocycles. The highest BCUT2D eigenvalue weighted by Crippen LogP contribution is 2.21. The van der Waals surface area contributed by atoms with Crippen LogP contribution in [0.4, 0.5) is 11.4 Å². The molecule has 1 aromatic carbocycles. The normalized spacial score (nSPS) is 10.3. The highest BCUT2D eigenvalue weighted by molar-refractivity contribution is 5.69. The van der Waals surface area contributed by atoms with Gasteiger partial charge in [0, 0.05) is 6.54 Å². The maximum atomic E-state index is 8.70. The molecule has 0 aliphatic rings. The topological polar surface area (TPSA) is 89.0 Å². The van der Waals surface area contributed by atoms with Gasteiger partial charge in [-0.05, 0) is 18.2 Å². The summed E-state index contributed by atoms with van der Waals surface area (Å²) < 4.78 is 1.77. The lowest BCUT2D eigenvalue weighted by Gasteiger charge is -2.09. The summed E-state index contributed by atoms with van der Waals surface area (Å²) in [5.41, 5.74) is 8.21. The Morgan fingerprint density at radius 2 is 2.06 bits per heavy atom. The van der Waals surface area contributed by atoms with Crippen LogP contribution in [-0.2, 0) is 0 Å². The largest absolute Gasteiger partial charge is 0.397 e. The quantitative estimate of drug-likeness (QED) is 0.641. The van der Waals surface area contributed by atoms with Gasteiger partial charge < -0.3 is 16.2 Å². The summed E-state index contributed by atoms with van der Waals surface area (Å²) >= 11 is 0. The van der Waals surface area contributed by atoms with Crippen LogP contribution in [0.3, 0.4) is 0 Å². The maximum Gasteiger partial charge on any atom is 0.123 e. The standard InChI is InChI=1S/C10H13N5O/c11-9-5-8(15-6-13-14-7-15)1-2-10(9)12-3-4-16/h1-2,5-7,12,16H,3-4,11H2. The molecule has 0 bridgehead atoms. The van der Waals surface area contributed by atoms with Crippen molar-refractivity contribution >= 4 is 11.4 Å². The van der Waals surface area contributed by atoms with Crippen molar-refractivity contribution in [2.75, 3.05) is 24.2 Å². The maximum absolute atomic E-state index is 8.70. The van der Waals surface area contributed by atoms with Gasteiger partial charge in [-0.1, -0.05) is 0 Å². The number of aromatic nitrogens is 3. The van der Waals surface area contributed by atoms with Gasteiger partial charge in [-0.3, -0.25) is 4.57 Å². The molecule has 2 aromatic rings. The van der Waals surface area contributed by atoms with E-state index in [1.54, 1.807) is 17.2 Å². The molecular weight excluding hydrogens is 206 g/mol. The van der Waals surface area contributed by atoms with E-state index >= 15 is 0 Å². The van der Waals surface area contributed by atoms with Gasteiger partial charge in [-0.25, -0.2) is 0 Å². The van der Waals surface area contributed by atoms with Crippen LogP contribution < -0.4 is 11.1 Å². The van der Waals surface area contributed by atoms with Gasteiger partial charge in [0.2, 0.25) is 0 Å². The van der Waals surface area contributed by atoms with Crippen LogP contribution in [0.1, 0.15) is 0 Å². The number of nitrogens with one attached hydrogen (secondary N) is 1. The zero-order chi connectivity index (χ0) is 11.4. The van der Waals surface area contributed by atoms with E-state index in [0.717, 1.165) is 11.4 Å². The summed E-state index contributed by atoms with van der Waals surface area (Å²) in [6.07, 6.45) is 3.21. The monoisotopic (exact) mass is 219 g/mol. The molecule has 1 aromatic heterocycles. The minimum absolute atomic E-state index is 0.0760. The molecule has 0 unspecified atom stereocenters. The first-order valence-electron chi connectivity index (χ1n) is 4.90. The van der Waals surface area contributed by atoms with Gasteiger partial charge in [-0.15, -0.1) is 10.2 Å². The van der Waals surface area contributed by atoms with E-state index in [2.05, 4.69) is 15.5 Å². The summed E-state index contributed by atoms with van der Waals surface area (Å²) in [5.74, 6) is 0. The predicted octanol–water partition coefficient (Wildman–Crippen LogP) is 0.254. The Balaban J connectivity index is 2.23. The average molecular weight is 219 g/mol. The Labute approximate surface area is 92.7 Å². The van der Waals surface area contributed by atoms with Crippen molar-refractivity contribution in [1.82, 2.24) is 14.8 Å². The molecule has 1 heterocycles. The zero-order valence-electron chi connectivity index (χ0n) is 8.67. The molecule has 6 nitrogen and oxygen atoms in total. The summed E-state index contributed by atoms with van der Waals surface area (Å²) in [6, 6.07) is 5.59. The minimum atomic E-state index is 0.0760. The molecule has 0 aliphatic heterocycles. The molecule has 0 fully saturated rings. The van der Waals surface area contributed by atoms with Crippen LogP contribution in [0.2, 0.25) is 0 Å². The van der Waals surface area contributed by atoms with Gasteiger partial charge in [0.05, 0.1) is 23.7 Å². The van der Waals surface area contributed by atoms with Crippen molar-refractivity contribution in [2.24, 2.45) is 0 Å². The number of benzene rings is 1. The number of anilines is 2. The van der Waals surface area contributed by atoms with Crippen molar-refractivity contribution in [3.63, 3.8) is 0 Å². The highest BCUT2D eigenvalue weighted by Gasteiger charge is 2.01. The molecule has 0 spiro atoms. The fraction of sp³-hybridized carbons (Fsp3) is 0.200. The van der Waals surface area contributed by atoms with Crippen molar-refractivity contribution in [3.8, 4) is 5.69 Å². The zero-order valence-corrected chi connectivity index (χ0v) is 8.67. The van der Waals surface area contributed by atoms with E-state index in [1.165, 1.54) is 0 Å². The molecule has 6 heteroatoms. The molecule has 0 radical (unpaired) electrons. The SMILES string of the molecule is Nc1cc(-n2cnnc2)ccc1NCCO. The lowest BCUT2D eigenvalue weighted by atomic mass is 10.2. The average Bonchev–Trinajstić information content (AvgIpc) is 2.81. The molecule has 2 rings (SSSR count). The van der Waals surface area contributed by atoms with E-state index in [1.807, 2.05) is 18.2 Å². The first-order valence-corrected chi connectivity index (χ1v) is 4.90. The molecule has 0 aliphatic carbocycles. The molecule has 84 valence electrons. The Morgan fingerprint density at radius 1 is 1.31 bits per heavy atom. The molecule has 0 saturated heterocycles. The van der Waals surface area contributed by atoms with E-state index in [0.29, 0.717) is 12.2 Å². The van der Waals surface area contributed by atoms with Crippen LogP contribution in [0, 0.1) is 0 Å². The smallest absolute Gasteiger partial charge is 0.123 e. The molecule has 0 amide bonds. The van der Waals surface area contributed by atoms with Crippen molar-refractivity contribution < 1.29 is 5.11 Å². The Morgan fingerprint density at radius 3 is 2.69 bits per heavy atom. The van der Waals surface area contributed by atoms with Gasteiger partial charge in [0.15, 0.2) is 0 Å². The second-order valence-corrected chi connectivity index (χ2v) is 3.29. The van der Waals surface area contributed by atoms with Crippen LogP contribution in [0.25, 0.3) is 5.69 Å². The Hall–Kier alpha value is -2.08. The minimum Gasteiger partial charge on any atom is -0.397 e. The van der Waals surface area contributed by atoms with E-state index in [4.69, 9.17) is 10.8 Å². The molecule has 0 atom stereocenters. The van der Waals surface area contributed by atoms with Crippen LogP contribution in [-0.4, -0.2) is 33.0 Å². The molecule has 16 heavy (non-hydrogen) atoms. The van der Waals surface area contributed by atoms with Crippen LogP contribution in [0.15, 0.2) is 30.9 Å². The Bertz CT molecular complexity index is 454. The summed E-state index contributed by atoms with van der Waals surface area (Å²) in [6.45, 7) is 0.558. The van der Waals surface area contributed by atoms with Gasteiger partial charge >= 0.3 is 0 Å². The van der Waals surface area contributed by atoms with Crippen molar-refractivity contribution in [3.05, 3.63) is 30.9 Å². The lowest BCUT2D eigenvalue weighted by Crippen LogP contribution is -2.07. The van der Waals surface area contributed by atoms with Crippen LogP contribution in [0.5, 0.6) is 0 Å². The van der Waals surface area contributed by atoms with Gasteiger partial charge in [0.1, 0.15) is 12.7 Å². The number of nitrogen functional groups attached to an aromatic ring is 1. The highest BCUT2D eigenvalue weighted by atomic mass is 16.3. The van der Waals surface area contributed by atoms with E-state index in [-0.39, 0.29) is 6.61 Å². The predicted molar refractivity (Wildman–Crippen MR) is 61.3 cm³/mol. The summed E-state index contributed by atoms with van der Waals surface area (Å²) in [5, 5.41) is 19.2. The molecular formula is C10H13N5O. The number of aliphatic hydroxyl groups is 1. The van der Waals surface area contributed by atoms with E-state index in [9.17, 15) is 0 Å². The number of aliphatic hydroxyl groups excluding tert-OH is 1. The second-order valence-electron chi connectivity index (χ2n) is 3.29. The summed E-state index contributed by atoms with van der Waals surface area (Å²) in [7, 11) is 0. The third kappa shape index (κ3) is 2.12. The van der Waals surface area contributed by atoms with Gasteiger partial charge in [0.25, 0.3) is 0 Å². The first-order chi connectivity index (χ1) is 7.81. The number of nitrogens with two attached hydrogens (primary N) is 1. The lowest BCUT2D eigenvalue weighted by molar-refractivity contribution is 0.311. The van der Waals surface area contributed by atoms with Crippen molar-refractivity contribution in [1.29, 1.82) is 0 Å². The molecule has 4 N–H and O–H groups in total.